The number of carbonyl (C=O) groups excluding carboxylic acids is 1. The number of esters is 1. The average molecular weight is 707 g/mol. The van der Waals surface area contributed by atoms with Gasteiger partial charge in [-0.15, -0.1) is 11.6 Å². The second-order valence-electron chi connectivity index (χ2n) is 13.3. The van der Waals surface area contributed by atoms with Crippen LogP contribution in [0.5, 0.6) is 5.75 Å². The minimum atomic E-state index is -4.49. The highest BCUT2D eigenvalue weighted by atomic mass is 35.5. The molecule has 3 heterocycles. The van der Waals surface area contributed by atoms with E-state index in [1.165, 1.54) is 17.8 Å². The Kier molecular flexibility index (Phi) is 10.4. The van der Waals surface area contributed by atoms with Crippen molar-refractivity contribution in [1.82, 2.24) is 24.6 Å². The van der Waals surface area contributed by atoms with Crippen LogP contribution < -0.4 is 14.5 Å². The summed E-state index contributed by atoms with van der Waals surface area (Å²) in [5.74, 6) is -0.00681. The Hall–Kier alpha value is -3.39. The maximum absolute atomic E-state index is 16.0. The number of anilines is 1. The van der Waals surface area contributed by atoms with E-state index in [4.69, 9.17) is 30.1 Å². The lowest BCUT2D eigenvalue weighted by Crippen LogP contribution is -2.48. The van der Waals surface area contributed by atoms with Crippen molar-refractivity contribution in [3.05, 3.63) is 54.6 Å². The number of aliphatic hydroxyl groups excluding tert-OH is 1. The molecular weight excluding hydrogens is 666 g/mol. The number of aromatic nitrogens is 4. The van der Waals surface area contributed by atoms with Gasteiger partial charge in [-0.1, -0.05) is 57.2 Å². The van der Waals surface area contributed by atoms with Crippen molar-refractivity contribution >= 4 is 53.1 Å². The number of ether oxygens (including phenoxy) is 2. The van der Waals surface area contributed by atoms with Crippen LogP contribution in [-0.2, 0) is 23.4 Å². The van der Waals surface area contributed by atoms with Gasteiger partial charge in [0.2, 0.25) is 0 Å². The van der Waals surface area contributed by atoms with Crippen LogP contribution in [-0.4, -0.2) is 87.7 Å². The summed E-state index contributed by atoms with van der Waals surface area (Å²) in [5, 5.41) is 15.3. The quantitative estimate of drug-likeness (QED) is 0.111. The Balaban J connectivity index is 1.44. The molecule has 1 fully saturated rings. The van der Waals surface area contributed by atoms with E-state index in [1.54, 1.807) is 50.2 Å². The molecule has 5 rings (SSSR count). The minimum absolute atomic E-state index is 0.116. The highest BCUT2D eigenvalue weighted by molar-refractivity contribution is 7.52. The number of fused-ring (bicyclic) bond motifs is 2. The van der Waals surface area contributed by atoms with Crippen LogP contribution in [0.15, 0.2) is 48.8 Å². The molecular formula is C32H41ClFN6O7P. The maximum atomic E-state index is 16.0. The molecule has 0 unspecified atom stereocenters. The van der Waals surface area contributed by atoms with Crippen LogP contribution in [0.2, 0.25) is 0 Å². The monoisotopic (exact) mass is 706 g/mol. The van der Waals surface area contributed by atoms with Crippen molar-refractivity contribution in [2.75, 3.05) is 38.1 Å². The standard InChI is InChI=1S/C32H41ClFN6O7P/c1-19(30(42)44-16-31(3,4)5)38-48(43,47-23-14-10-12-21-11-8-9-13-22(21)23)45-17-32(15-33)26(41)24(34)29(46-32)40-18-35-25-27(39(6)7)36-20(2)37-28(25)40/h8-14,18-19,24,26,29,41H,15-17H2,1-7H3,(H,38,43)/t19-,24-,26-,29+,32+,48-/m0/s1. The number of aliphatic hydroxyl groups is 1. The molecule has 16 heteroatoms. The third kappa shape index (κ3) is 7.44. The molecule has 0 aliphatic carbocycles. The van der Waals surface area contributed by atoms with E-state index in [0.29, 0.717) is 22.5 Å². The molecule has 0 spiro atoms. The van der Waals surface area contributed by atoms with E-state index in [-0.39, 0.29) is 23.4 Å². The first-order valence-corrected chi connectivity index (χ1v) is 17.4. The first-order chi connectivity index (χ1) is 22.6. The van der Waals surface area contributed by atoms with E-state index in [0.717, 1.165) is 5.39 Å². The first-order valence-electron chi connectivity index (χ1n) is 15.4. The number of nitrogens with one attached hydrogen (secondary N) is 1. The van der Waals surface area contributed by atoms with Crippen molar-refractivity contribution in [3.63, 3.8) is 0 Å². The van der Waals surface area contributed by atoms with Gasteiger partial charge in [-0.05, 0) is 30.7 Å². The fourth-order valence-corrected chi connectivity index (χ4v) is 7.06. The summed E-state index contributed by atoms with van der Waals surface area (Å²) >= 11 is 6.36. The zero-order valence-corrected chi connectivity index (χ0v) is 29.5. The Bertz CT molecular complexity index is 1830. The van der Waals surface area contributed by atoms with Crippen LogP contribution in [0.3, 0.4) is 0 Å². The lowest BCUT2D eigenvalue weighted by Gasteiger charge is -2.32. The van der Waals surface area contributed by atoms with Gasteiger partial charge in [-0.25, -0.2) is 23.9 Å². The molecule has 2 aromatic heterocycles. The van der Waals surface area contributed by atoms with Gasteiger partial charge in [0, 0.05) is 19.5 Å². The van der Waals surface area contributed by atoms with Crippen LogP contribution in [0, 0.1) is 12.3 Å². The fraction of sp³-hybridized carbons (Fsp3) is 0.500. The Morgan fingerprint density at radius 1 is 1.23 bits per heavy atom. The van der Waals surface area contributed by atoms with Crippen molar-refractivity contribution in [3.8, 4) is 5.75 Å². The van der Waals surface area contributed by atoms with Gasteiger partial charge in [0.15, 0.2) is 29.4 Å². The SMILES string of the molecule is Cc1nc(N(C)C)c2ncn([C@@H]3O[C@](CCl)(CO[P@@](=O)(N[C@@H](C)C(=O)OCC(C)(C)C)Oc4cccc5ccccc45)[C@@H](O)[C@@H]3F)c2n1. The molecule has 2 N–H and O–H groups in total. The number of alkyl halides is 2. The van der Waals surface area contributed by atoms with Crippen molar-refractivity contribution in [2.24, 2.45) is 5.41 Å². The summed E-state index contributed by atoms with van der Waals surface area (Å²) in [6.45, 7) is 8.29. The summed E-state index contributed by atoms with van der Waals surface area (Å²) in [5.41, 5.74) is -1.52. The lowest BCUT2D eigenvalue weighted by atomic mass is 9.99. The van der Waals surface area contributed by atoms with Gasteiger partial charge >= 0.3 is 13.7 Å². The average Bonchev–Trinajstić information content (AvgIpc) is 3.56. The van der Waals surface area contributed by atoms with Gasteiger partial charge in [-0.3, -0.25) is 13.9 Å². The largest absolute Gasteiger partial charge is 0.464 e. The first kappa shape index (κ1) is 35.9. The van der Waals surface area contributed by atoms with E-state index < -0.39 is 56.3 Å². The lowest BCUT2D eigenvalue weighted by molar-refractivity contribution is -0.148. The van der Waals surface area contributed by atoms with Crippen LogP contribution in [0.4, 0.5) is 10.2 Å². The molecule has 0 radical (unpaired) electrons. The molecule has 2 aromatic carbocycles. The normalized spacial score (nSPS) is 23.2. The van der Waals surface area contributed by atoms with Crippen molar-refractivity contribution in [2.45, 2.75) is 64.8 Å². The molecule has 13 nitrogen and oxygen atoms in total. The summed E-state index contributed by atoms with van der Waals surface area (Å²) in [6, 6.07) is 11.3. The molecule has 260 valence electrons. The molecule has 48 heavy (non-hydrogen) atoms. The van der Waals surface area contributed by atoms with Crippen LogP contribution in [0.1, 0.15) is 39.7 Å². The predicted molar refractivity (Wildman–Crippen MR) is 180 cm³/mol. The fourth-order valence-electron chi connectivity index (χ4n) is 5.20. The molecule has 0 bridgehead atoms. The molecule has 1 saturated heterocycles. The predicted octanol–water partition coefficient (Wildman–Crippen LogP) is 5.33. The number of rotatable bonds is 12. The third-order valence-electron chi connectivity index (χ3n) is 7.71. The molecule has 0 amide bonds. The zero-order valence-electron chi connectivity index (χ0n) is 27.9. The van der Waals surface area contributed by atoms with Crippen molar-refractivity contribution < 1.29 is 37.4 Å². The second kappa shape index (κ2) is 13.9. The van der Waals surface area contributed by atoms with Gasteiger partial charge in [0.25, 0.3) is 0 Å². The Morgan fingerprint density at radius 3 is 2.62 bits per heavy atom. The second-order valence-corrected chi connectivity index (χ2v) is 15.2. The highest BCUT2D eigenvalue weighted by Gasteiger charge is 2.57. The van der Waals surface area contributed by atoms with E-state index in [2.05, 4.69) is 20.0 Å². The number of carbonyl (C=O) groups is 1. The number of aryl methyl sites for hydroxylation is 1. The number of nitrogens with zero attached hydrogens (tertiary/aromatic N) is 5. The summed E-state index contributed by atoms with van der Waals surface area (Å²) in [6.07, 6.45) is -3.91. The van der Waals surface area contributed by atoms with Gasteiger partial charge in [0.1, 0.15) is 29.3 Å². The number of imidazole rings is 1. The molecule has 1 aliphatic rings. The summed E-state index contributed by atoms with van der Waals surface area (Å²) in [7, 11) is -0.899. The smallest absolute Gasteiger partial charge is 0.459 e. The van der Waals surface area contributed by atoms with Crippen LogP contribution in [0.25, 0.3) is 21.9 Å². The van der Waals surface area contributed by atoms with Gasteiger partial charge in [0.05, 0.1) is 25.4 Å². The maximum Gasteiger partial charge on any atom is 0.459 e. The highest BCUT2D eigenvalue weighted by Crippen LogP contribution is 2.50. The Labute approximate surface area is 283 Å². The number of benzene rings is 2. The van der Waals surface area contributed by atoms with E-state index >= 15 is 4.39 Å². The number of hydrogen-bond acceptors (Lipinski definition) is 11. The van der Waals surface area contributed by atoms with E-state index in [1.807, 2.05) is 39.0 Å². The van der Waals surface area contributed by atoms with Crippen molar-refractivity contribution in [1.29, 1.82) is 0 Å². The molecule has 4 aromatic rings. The number of halogens is 2. The molecule has 0 saturated carbocycles. The van der Waals surface area contributed by atoms with E-state index in [9.17, 15) is 14.5 Å². The van der Waals surface area contributed by atoms with Gasteiger partial charge in [-0.2, -0.15) is 5.09 Å². The number of hydrogen-bond donors (Lipinski definition) is 2. The third-order valence-corrected chi connectivity index (χ3v) is 9.77. The summed E-state index contributed by atoms with van der Waals surface area (Å²) in [4.78, 5) is 27.9. The van der Waals surface area contributed by atoms with Crippen LogP contribution >= 0.6 is 19.3 Å². The van der Waals surface area contributed by atoms with Gasteiger partial charge < -0.3 is 24.0 Å². The zero-order chi connectivity index (χ0) is 35.0. The molecule has 6 atom stereocenters. The summed E-state index contributed by atoms with van der Waals surface area (Å²) < 4.78 is 55.3. The molecule has 1 aliphatic heterocycles. The Morgan fingerprint density at radius 2 is 1.94 bits per heavy atom. The minimum Gasteiger partial charge on any atom is -0.464 e. The topological polar surface area (TPSA) is 150 Å².